The number of hydrogen-bond donors (Lipinski definition) is 0. The van der Waals surface area contributed by atoms with Crippen molar-refractivity contribution in [2.24, 2.45) is 7.47 Å². The van der Waals surface area contributed by atoms with Crippen LogP contribution >= 0.6 is 38.7 Å². The number of nitroso groups, excluding NO2 is 2. The van der Waals surface area contributed by atoms with E-state index in [4.69, 9.17) is 0 Å². The summed E-state index contributed by atoms with van der Waals surface area (Å²) in [5.74, 6) is 0. The van der Waals surface area contributed by atoms with Crippen molar-refractivity contribution in [3.05, 3.63) is 56.1 Å². The fraction of sp³-hybridized carbons (Fsp3) is 0.333. The number of halogens is 2. The number of rotatable bonds is 3. The summed E-state index contributed by atoms with van der Waals surface area (Å²) in [6, 6.07) is 2.04. The summed E-state index contributed by atoms with van der Waals surface area (Å²) in [6.45, 7) is 10.6. The molecule has 0 saturated carbocycles. The molecule has 0 amide bonds. The van der Waals surface area contributed by atoms with Gasteiger partial charge >= 0.3 is 65.2 Å². The van der Waals surface area contributed by atoms with Gasteiger partial charge in [-0.05, 0) is 68.5 Å². The molecule has 0 saturated heterocycles. The predicted molar refractivity (Wildman–Crippen MR) is 111 cm³/mol. The van der Waals surface area contributed by atoms with Crippen molar-refractivity contribution in [2.75, 3.05) is 0 Å². The van der Waals surface area contributed by atoms with Gasteiger partial charge in [0.2, 0.25) is 0 Å². The van der Waals surface area contributed by atoms with Crippen LogP contribution in [0.3, 0.4) is 0 Å². The first-order valence-electron chi connectivity index (χ1n) is 6.91. The van der Waals surface area contributed by atoms with Gasteiger partial charge in [0.15, 0.2) is 0 Å². The van der Waals surface area contributed by atoms with Crippen molar-refractivity contribution in [3.63, 3.8) is 0 Å². The molecule has 0 bridgehead atoms. The zero-order valence-corrected chi connectivity index (χ0v) is 20.3. The summed E-state index contributed by atoms with van der Waals surface area (Å²) in [6.07, 6.45) is 3.79. The van der Waals surface area contributed by atoms with Gasteiger partial charge in [-0.1, -0.05) is 0 Å². The van der Waals surface area contributed by atoms with Crippen molar-refractivity contribution in [1.82, 2.24) is 9.97 Å². The number of pyridine rings is 2. The molecule has 0 aliphatic heterocycles. The first kappa shape index (κ1) is 21.7. The van der Waals surface area contributed by atoms with Crippen LogP contribution in [0, 0.1) is 44.4 Å². The van der Waals surface area contributed by atoms with Gasteiger partial charge in [0.05, 0.1) is 11.4 Å². The van der Waals surface area contributed by atoms with E-state index < -0.39 is 9.20 Å². The van der Waals surface area contributed by atoms with Crippen LogP contribution in [0.5, 0.6) is 0 Å². The second kappa shape index (κ2) is 9.37. The van der Waals surface area contributed by atoms with Crippen LogP contribution in [-0.4, -0.2) is 9.97 Å². The molecule has 0 N–H and O–H groups in total. The van der Waals surface area contributed by atoms with Gasteiger partial charge in [-0.2, -0.15) is 0 Å². The maximum absolute atomic E-state index is 9.58. The Labute approximate surface area is 166 Å². The van der Waals surface area contributed by atoms with E-state index in [1.165, 1.54) is 27.8 Å². The molecular weight excluding hydrogens is 618 g/mol. The van der Waals surface area contributed by atoms with Gasteiger partial charge < -0.3 is 0 Å². The van der Waals surface area contributed by atoms with E-state index in [9.17, 15) is 9.81 Å². The molecule has 24 heavy (non-hydrogen) atoms. The Bertz CT molecular complexity index is 759. The summed E-state index contributed by atoms with van der Waals surface area (Å²) >= 11 is 3.44. The first-order chi connectivity index (χ1) is 11.1. The molecule has 9 heteroatoms. The number of aryl methyl sites for hydroxylation is 2. The average Bonchev–Trinajstić information content (AvgIpc) is 2.56. The number of aromatic nitrogens is 2. The van der Waals surface area contributed by atoms with E-state index in [-0.39, 0.29) is 0 Å². The predicted octanol–water partition coefficient (Wildman–Crippen LogP) is 5.89. The number of hydrogen-bond acceptors (Lipinski definition) is 6. The molecule has 0 spiro atoms. The van der Waals surface area contributed by atoms with Crippen LogP contribution < -0.4 is 0 Å². The fourth-order valence-electron chi connectivity index (χ4n) is 1.95. The van der Waals surface area contributed by atoms with E-state index in [0.717, 1.165) is 11.4 Å². The number of nitrogens with zero attached hydrogens (tertiary/aromatic N) is 4. The van der Waals surface area contributed by atoms with Crippen molar-refractivity contribution in [3.8, 4) is 11.4 Å². The Kier molecular flexibility index (Phi) is 8.47. The van der Waals surface area contributed by atoms with Crippen molar-refractivity contribution in [2.45, 2.75) is 34.6 Å². The van der Waals surface area contributed by atoms with Crippen LogP contribution in [0.15, 0.2) is 25.9 Å². The van der Waals surface area contributed by atoms with Gasteiger partial charge in [-0.3, -0.25) is 9.97 Å². The molecule has 6 nitrogen and oxygen atoms in total. The monoisotopic (exact) mass is 638 g/mol. The quantitative estimate of drug-likeness (QED) is 0.239. The Hall–Kier alpha value is -0.352. The van der Waals surface area contributed by atoms with Crippen LogP contribution in [0.25, 0.3) is 11.4 Å². The first-order valence-corrected chi connectivity index (χ1v) is 20.6. The van der Waals surface area contributed by atoms with Crippen molar-refractivity contribution in [1.29, 1.82) is 0 Å². The molecular formula is C15H18I2MoN4O2. The van der Waals surface area contributed by atoms with Crippen LogP contribution in [0.1, 0.15) is 27.8 Å². The minimum absolute atomic E-state index is 1.01. The standard InChI is InChI=1S/C15H18N2.2HI.Mo.2NO/c1-9-6-7-16-14(12(9)4)15-13(5)11(3)10(2)8-17-15;;;;2*1-2/h6-8H,1-5H3;2*1H;;;/q;;;+4;2*-1/p-2. The second-order valence-electron chi connectivity index (χ2n) is 5.21. The van der Waals surface area contributed by atoms with Gasteiger partial charge in [-0.25, -0.2) is 0 Å². The fourth-order valence-corrected chi connectivity index (χ4v) is 2.02. The van der Waals surface area contributed by atoms with Gasteiger partial charge in [0.1, 0.15) is 0 Å². The summed E-state index contributed by atoms with van der Waals surface area (Å²) in [7, 11) is -3.03. The molecule has 2 aromatic rings. The minimum atomic E-state index is -3.03. The zero-order chi connectivity index (χ0) is 18.5. The molecule has 0 radical (unpaired) electrons. The molecule has 2 aromatic heterocycles. The maximum atomic E-state index is 9.58. The van der Waals surface area contributed by atoms with E-state index in [0.29, 0.717) is 0 Å². The van der Waals surface area contributed by atoms with Gasteiger partial charge in [0, 0.05) is 12.4 Å². The molecule has 0 aliphatic rings. The van der Waals surface area contributed by atoms with Crippen LogP contribution in [0.4, 0.5) is 0 Å². The van der Waals surface area contributed by atoms with E-state index in [1.54, 1.807) is 38.7 Å². The molecule has 0 aromatic carbocycles. The van der Waals surface area contributed by atoms with E-state index >= 15 is 0 Å². The Balaban J connectivity index is 0.000000351. The normalized spacial score (nSPS) is 11.3. The zero-order valence-electron chi connectivity index (χ0n) is 14.0. The summed E-state index contributed by atoms with van der Waals surface area (Å²) in [5, 5.41) is 0. The van der Waals surface area contributed by atoms with Crippen LogP contribution in [-0.2, 0) is 9.20 Å². The topological polar surface area (TPSA) is 84.6 Å². The SMILES string of the molecule is Cc1ccnc(-c2ncc(C)c(C)c2C)c1C.O=[N][Mo]([I])([I])[N]=O. The molecule has 0 unspecified atom stereocenters. The molecule has 0 aliphatic carbocycles. The third kappa shape index (κ3) is 5.59. The molecule has 130 valence electrons. The van der Waals surface area contributed by atoms with Crippen LogP contribution in [0.2, 0.25) is 0 Å². The molecule has 2 heterocycles. The van der Waals surface area contributed by atoms with E-state index in [1.807, 2.05) is 18.5 Å². The Morgan fingerprint density at radius 2 is 1.38 bits per heavy atom. The average molecular weight is 636 g/mol. The molecule has 2 rings (SSSR count). The summed E-state index contributed by atoms with van der Waals surface area (Å²) in [4.78, 5) is 28.2. The molecule has 0 atom stereocenters. The molecule has 0 fully saturated rings. The summed E-state index contributed by atoms with van der Waals surface area (Å²) in [5.41, 5.74) is 8.25. The second-order valence-corrected chi connectivity index (χ2v) is 32.5. The third-order valence-corrected chi connectivity index (χ3v) is 8.46. The van der Waals surface area contributed by atoms with Crippen molar-refractivity contribution < 1.29 is 9.20 Å². The van der Waals surface area contributed by atoms with E-state index in [2.05, 4.69) is 52.1 Å². The third-order valence-electron chi connectivity index (χ3n) is 3.78. The summed E-state index contributed by atoms with van der Waals surface area (Å²) < 4.78 is 5.15. The Morgan fingerprint density at radius 3 is 1.88 bits per heavy atom. The van der Waals surface area contributed by atoms with Gasteiger partial charge in [-0.15, -0.1) is 0 Å². The Morgan fingerprint density at radius 1 is 0.833 bits per heavy atom. The van der Waals surface area contributed by atoms with Gasteiger partial charge in [0.25, 0.3) is 0 Å². The van der Waals surface area contributed by atoms with Crippen molar-refractivity contribution >= 4 is 38.7 Å².